The summed E-state index contributed by atoms with van der Waals surface area (Å²) < 4.78 is 0. The molecule has 0 aliphatic carbocycles. The van der Waals surface area contributed by atoms with Gasteiger partial charge in [0, 0.05) is 0 Å². The minimum Gasteiger partial charge on any atom is -0.331 e. The van der Waals surface area contributed by atoms with Gasteiger partial charge in [-0.1, -0.05) is 23.7 Å². The molecular weight excluding hydrogens is 216 g/mol. The first-order chi connectivity index (χ1) is 7.09. The van der Waals surface area contributed by atoms with Crippen LogP contribution in [0.2, 0.25) is 5.02 Å². The lowest BCUT2D eigenvalue weighted by molar-refractivity contribution is -0.116. The largest absolute Gasteiger partial charge is 0.331 e. The van der Waals surface area contributed by atoms with Crippen molar-refractivity contribution in [1.82, 2.24) is 5.32 Å². The summed E-state index contributed by atoms with van der Waals surface area (Å²) in [6.45, 7) is 1.41. The number of carbonyl (C=O) groups is 2. The van der Waals surface area contributed by atoms with Crippen LogP contribution in [0, 0.1) is 0 Å². The zero-order valence-electron chi connectivity index (χ0n) is 8.21. The van der Waals surface area contributed by atoms with E-state index in [1.807, 2.05) is 0 Å². The fourth-order valence-corrected chi connectivity index (χ4v) is 1.12. The van der Waals surface area contributed by atoms with Crippen LogP contribution in [0.4, 0.5) is 10.5 Å². The van der Waals surface area contributed by atoms with Crippen molar-refractivity contribution < 1.29 is 9.59 Å². The van der Waals surface area contributed by atoms with Gasteiger partial charge in [0.25, 0.3) is 0 Å². The molecule has 0 fully saturated rings. The first kappa shape index (κ1) is 11.5. The lowest BCUT2D eigenvalue weighted by atomic mass is 10.3. The van der Waals surface area contributed by atoms with Crippen LogP contribution in [0.5, 0.6) is 0 Å². The van der Waals surface area contributed by atoms with Gasteiger partial charge in [0.05, 0.1) is 17.3 Å². The lowest BCUT2D eigenvalue weighted by Crippen LogP contribution is -2.32. The van der Waals surface area contributed by atoms with Crippen LogP contribution in [0.15, 0.2) is 24.3 Å². The van der Waals surface area contributed by atoms with Crippen molar-refractivity contribution in [1.29, 1.82) is 0 Å². The quantitative estimate of drug-likeness (QED) is 0.829. The highest BCUT2D eigenvalue weighted by Gasteiger charge is 2.04. The van der Waals surface area contributed by atoms with Gasteiger partial charge < -0.3 is 10.6 Å². The molecule has 0 radical (unpaired) electrons. The lowest BCUT2D eigenvalue weighted by Gasteiger charge is -2.07. The van der Waals surface area contributed by atoms with E-state index in [4.69, 9.17) is 11.6 Å². The van der Waals surface area contributed by atoms with Gasteiger partial charge in [0.1, 0.15) is 5.78 Å². The Morgan fingerprint density at radius 3 is 2.60 bits per heavy atom. The SMILES string of the molecule is CC(=O)CNC(=O)Nc1ccccc1Cl. The Hall–Kier alpha value is -1.55. The maximum atomic E-state index is 11.2. The smallest absolute Gasteiger partial charge is 0.319 e. The number of benzene rings is 1. The number of urea groups is 1. The molecule has 0 unspecified atom stereocenters. The molecule has 0 saturated heterocycles. The van der Waals surface area contributed by atoms with Crippen LogP contribution >= 0.6 is 11.6 Å². The normalized spacial score (nSPS) is 9.47. The zero-order valence-corrected chi connectivity index (χ0v) is 8.97. The minimum absolute atomic E-state index is 0.0102. The van der Waals surface area contributed by atoms with Crippen molar-refractivity contribution in [3.05, 3.63) is 29.3 Å². The number of rotatable bonds is 3. The summed E-state index contributed by atoms with van der Waals surface area (Å²) in [7, 11) is 0. The van der Waals surface area contributed by atoms with E-state index < -0.39 is 6.03 Å². The summed E-state index contributed by atoms with van der Waals surface area (Å²) in [6, 6.07) is 6.42. The number of carbonyl (C=O) groups excluding carboxylic acids is 2. The van der Waals surface area contributed by atoms with Crippen molar-refractivity contribution in [3.8, 4) is 0 Å². The van der Waals surface area contributed by atoms with E-state index in [1.165, 1.54) is 6.92 Å². The first-order valence-electron chi connectivity index (χ1n) is 4.38. The Bertz CT molecular complexity index is 379. The second-order valence-corrected chi connectivity index (χ2v) is 3.40. The van der Waals surface area contributed by atoms with Gasteiger partial charge in [-0.05, 0) is 19.1 Å². The average Bonchev–Trinajstić information content (AvgIpc) is 2.18. The van der Waals surface area contributed by atoms with Crippen molar-refractivity contribution in [2.75, 3.05) is 11.9 Å². The van der Waals surface area contributed by atoms with Gasteiger partial charge in [-0.15, -0.1) is 0 Å². The van der Waals surface area contributed by atoms with Crippen LogP contribution in [0.25, 0.3) is 0 Å². The third-order valence-electron chi connectivity index (χ3n) is 1.62. The Kier molecular flexibility index (Phi) is 4.12. The third-order valence-corrected chi connectivity index (χ3v) is 1.95. The fourth-order valence-electron chi connectivity index (χ4n) is 0.934. The van der Waals surface area contributed by atoms with E-state index in [0.717, 1.165) is 0 Å². The highest BCUT2D eigenvalue weighted by Crippen LogP contribution is 2.19. The Labute approximate surface area is 92.6 Å². The summed E-state index contributed by atoms with van der Waals surface area (Å²) in [5, 5.41) is 5.39. The molecule has 2 N–H and O–H groups in total. The molecule has 0 atom stereocenters. The van der Waals surface area contributed by atoms with Crippen LogP contribution in [-0.2, 0) is 4.79 Å². The molecule has 0 aromatic heterocycles. The highest BCUT2D eigenvalue weighted by atomic mass is 35.5. The molecule has 0 saturated carbocycles. The molecule has 0 spiro atoms. The number of ketones is 1. The molecule has 1 rings (SSSR count). The van der Waals surface area contributed by atoms with E-state index in [0.29, 0.717) is 10.7 Å². The number of Topliss-reactive ketones (excluding diaryl/α,β-unsaturated/α-hetero) is 1. The van der Waals surface area contributed by atoms with Gasteiger partial charge in [-0.2, -0.15) is 0 Å². The van der Waals surface area contributed by atoms with Crippen LogP contribution < -0.4 is 10.6 Å². The molecule has 0 heterocycles. The maximum absolute atomic E-state index is 11.2. The molecule has 1 aromatic rings. The summed E-state index contributed by atoms with van der Waals surface area (Å²) in [5.41, 5.74) is 0.514. The second kappa shape index (κ2) is 5.36. The van der Waals surface area contributed by atoms with E-state index in [-0.39, 0.29) is 12.3 Å². The number of para-hydroxylation sites is 1. The van der Waals surface area contributed by atoms with Crippen LogP contribution in [0.3, 0.4) is 0 Å². The second-order valence-electron chi connectivity index (χ2n) is 2.99. The number of hydrogen-bond acceptors (Lipinski definition) is 2. The van der Waals surface area contributed by atoms with Crippen molar-refractivity contribution in [2.45, 2.75) is 6.92 Å². The Morgan fingerprint density at radius 2 is 2.00 bits per heavy atom. The average molecular weight is 227 g/mol. The summed E-state index contributed by atoms with van der Waals surface area (Å²) in [6.07, 6.45) is 0. The van der Waals surface area contributed by atoms with E-state index in [2.05, 4.69) is 10.6 Å². The number of nitrogens with one attached hydrogen (secondary N) is 2. The molecule has 1 aromatic carbocycles. The fraction of sp³-hybridized carbons (Fsp3) is 0.200. The first-order valence-corrected chi connectivity index (χ1v) is 4.76. The third kappa shape index (κ3) is 3.99. The molecule has 0 bridgehead atoms. The minimum atomic E-state index is -0.446. The standard InChI is InChI=1S/C10H11ClN2O2/c1-7(14)6-12-10(15)13-9-5-3-2-4-8(9)11/h2-5H,6H2,1H3,(H2,12,13,15). The van der Waals surface area contributed by atoms with Gasteiger partial charge >= 0.3 is 6.03 Å². The van der Waals surface area contributed by atoms with Gasteiger partial charge in [0.2, 0.25) is 0 Å². The predicted octanol–water partition coefficient (Wildman–Crippen LogP) is 2.05. The van der Waals surface area contributed by atoms with Crippen molar-refractivity contribution in [2.24, 2.45) is 0 Å². The van der Waals surface area contributed by atoms with E-state index in [9.17, 15) is 9.59 Å². The highest BCUT2D eigenvalue weighted by molar-refractivity contribution is 6.33. The van der Waals surface area contributed by atoms with Gasteiger partial charge in [-0.3, -0.25) is 4.79 Å². The number of halogens is 1. The van der Waals surface area contributed by atoms with E-state index in [1.54, 1.807) is 24.3 Å². The zero-order chi connectivity index (χ0) is 11.3. The summed E-state index contributed by atoms with van der Waals surface area (Å²) >= 11 is 5.82. The molecular formula is C10H11ClN2O2. The van der Waals surface area contributed by atoms with Crippen molar-refractivity contribution >= 4 is 29.1 Å². The monoisotopic (exact) mass is 226 g/mol. The molecule has 0 aliphatic rings. The van der Waals surface area contributed by atoms with Crippen molar-refractivity contribution in [3.63, 3.8) is 0 Å². The predicted molar refractivity (Wildman–Crippen MR) is 59.2 cm³/mol. The number of amides is 2. The van der Waals surface area contributed by atoms with Crippen LogP contribution in [0.1, 0.15) is 6.92 Å². The molecule has 15 heavy (non-hydrogen) atoms. The topological polar surface area (TPSA) is 58.2 Å². The Morgan fingerprint density at radius 1 is 1.33 bits per heavy atom. The molecule has 0 aliphatic heterocycles. The number of hydrogen-bond donors (Lipinski definition) is 2. The van der Waals surface area contributed by atoms with Crippen LogP contribution in [-0.4, -0.2) is 18.4 Å². The maximum Gasteiger partial charge on any atom is 0.319 e. The summed E-state index contributed by atoms with van der Waals surface area (Å²) in [5.74, 6) is -0.107. The van der Waals surface area contributed by atoms with Gasteiger partial charge in [-0.25, -0.2) is 4.79 Å². The molecule has 80 valence electrons. The van der Waals surface area contributed by atoms with Gasteiger partial charge in [0.15, 0.2) is 0 Å². The van der Waals surface area contributed by atoms with E-state index >= 15 is 0 Å². The Balaban J connectivity index is 2.52. The number of anilines is 1. The summed E-state index contributed by atoms with van der Waals surface area (Å²) in [4.78, 5) is 21.8. The molecule has 5 heteroatoms. The molecule has 4 nitrogen and oxygen atoms in total. The molecule has 2 amide bonds.